The molecule has 0 saturated carbocycles. The Morgan fingerprint density at radius 1 is 0.935 bits per heavy atom. The zero-order valence-corrected chi connectivity index (χ0v) is 15.7. The zero-order chi connectivity index (χ0) is 22.5. The summed E-state index contributed by atoms with van der Waals surface area (Å²) >= 11 is 0. The molecule has 0 amide bonds. The maximum Gasteiger partial charge on any atom is 0.416 e. The van der Waals surface area contributed by atoms with Crippen molar-refractivity contribution in [2.24, 2.45) is 0 Å². The number of hydrogen-bond acceptors (Lipinski definition) is 4. The van der Waals surface area contributed by atoms with Crippen LogP contribution in [0.15, 0.2) is 42.5 Å². The summed E-state index contributed by atoms with van der Waals surface area (Å²) in [6.45, 7) is 1.56. The fourth-order valence-electron chi connectivity index (χ4n) is 3.09. The summed E-state index contributed by atoms with van der Waals surface area (Å²) in [6.07, 6.45) is -4.51. The van der Waals surface area contributed by atoms with Crippen molar-refractivity contribution in [1.82, 2.24) is 14.5 Å². The first kappa shape index (κ1) is 20.5. The van der Waals surface area contributed by atoms with Crippen LogP contribution in [-0.4, -0.2) is 14.5 Å². The van der Waals surface area contributed by atoms with Gasteiger partial charge in [0, 0.05) is 23.9 Å². The molecule has 11 heteroatoms. The summed E-state index contributed by atoms with van der Waals surface area (Å²) < 4.78 is 81.4. The Hall–Kier alpha value is -3.76. The lowest BCUT2D eigenvalue weighted by Gasteiger charge is -2.13. The Morgan fingerprint density at radius 2 is 1.58 bits per heavy atom. The number of nitrogens with one attached hydrogen (secondary N) is 1. The second kappa shape index (κ2) is 7.18. The average molecular weight is 437 g/mol. The van der Waals surface area contributed by atoms with Gasteiger partial charge in [-0.05, 0) is 31.2 Å². The minimum atomic E-state index is -4.51. The number of pyridine rings is 1. The first-order valence-corrected chi connectivity index (χ1v) is 8.79. The standard InChI is InChI=1S/C20H13F6N5/c1-9-28-15-6-12(21)13(22)7-16(15)31(9)17-8-14(27)18(23)19(30-17)29-11-4-2-10(3-5-11)20(24,25)26/h2-8H,1H3,(H3,27,29,30). The molecule has 0 radical (unpaired) electrons. The molecule has 0 aliphatic rings. The van der Waals surface area contributed by atoms with E-state index in [2.05, 4.69) is 15.3 Å². The molecule has 2 aromatic heterocycles. The monoisotopic (exact) mass is 437 g/mol. The highest BCUT2D eigenvalue weighted by Gasteiger charge is 2.30. The fraction of sp³-hybridized carbons (Fsp3) is 0.100. The smallest absolute Gasteiger partial charge is 0.396 e. The number of aryl methyl sites for hydroxylation is 1. The first-order chi connectivity index (χ1) is 14.5. The van der Waals surface area contributed by atoms with Crippen LogP contribution in [0.3, 0.4) is 0 Å². The first-order valence-electron chi connectivity index (χ1n) is 8.79. The average Bonchev–Trinajstić information content (AvgIpc) is 3.00. The van der Waals surface area contributed by atoms with Crippen LogP contribution in [-0.2, 0) is 6.18 Å². The van der Waals surface area contributed by atoms with E-state index in [1.54, 1.807) is 6.92 Å². The van der Waals surface area contributed by atoms with Gasteiger partial charge in [0.1, 0.15) is 11.6 Å². The van der Waals surface area contributed by atoms with Gasteiger partial charge < -0.3 is 11.1 Å². The van der Waals surface area contributed by atoms with Crippen molar-refractivity contribution in [2.75, 3.05) is 11.1 Å². The normalized spacial score (nSPS) is 11.8. The van der Waals surface area contributed by atoms with E-state index in [4.69, 9.17) is 5.73 Å². The van der Waals surface area contributed by atoms with Gasteiger partial charge in [-0.2, -0.15) is 13.2 Å². The third-order valence-corrected chi connectivity index (χ3v) is 4.54. The number of nitrogens with zero attached hydrogens (tertiary/aromatic N) is 3. The van der Waals surface area contributed by atoms with E-state index >= 15 is 0 Å². The van der Waals surface area contributed by atoms with Gasteiger partial charge in [0.05, 0.1) is 22.3 Å². The quantitative estimate of drug-likeness (QED) is 0.416. The van der Waals surface area contributed by atoms with Crippen LogP contribution in [0.5, 0.6) is 0 Å². The summed E-state index contributed by atoms with van der Waals surface area (Å²) in [6, 6.07) is 6.92. The molecule has 31 heavy (non-hydrogen) atoms. The predicted octanol–water partition coefficient (Wildman–Crippen LogP) is 5.49. The molecule has 160 valence electrons. The van der Waals surface area contributed by atoms with Gasteiger partial charge in [0.15, 0.2) is 23.3 Å². The minimum absolute atomic E-state index is 0.0549. The van der Waals surface area contributed by atoms with E-state index < -0.39 is 29.2 Å². The van der Waals surface area contributed by atoms with Crippen LogP contribution < -0.4 is 11.1 Å². The fourth-order valence-corrected chi connectivity index (χ4v) is 3.09. The SMILES string of the molecule is Cc1nc2cc(F)c(F)cc2n1-c1cc(N)c(F)c(Nc2ccc(C(F)(F)F)cc2)n1. The molecule has 2 heterocycles. The number of alkyl halides is 3. The number of fused-ring (bicyclic) bond motifs is 1. The molecule has 4 rings (SSSR count). The van der Waals surface area contributed by atoms with Crippen molar-refractivity contribution >= 4 is 28.2 Å². The Kier molecular flexibility index (Phi) is 4.75. The second-order valence-electron chi connectivity index (χ2n) is 6.68. The molecule has 0 unspecified atom stereocenters. The third-order valence-electron chi connectivity index (χ3n) is 4.54. The van der Waals surface area contributed by atoms with Crippen LogP contribution in [0.2, 0.25) is 0 Å². The summed E-state index contributed by atoms with van der Waals surface area (Å²) in [5.41, 5.74) is 5.02. The lowest BCUT2D eigenvalue weighted by molar-refractivity contribution is -0.137. The van der Waals surface area contributed by atoms with Crippen molar-refractivity contribution in [2.45, 2.75) is 13.1 Å². The highest BCUT2D eigenvalue weighted by atomic mass is 19.4. The number of halogens is 6. The van der Waals surface area contributed by atoms with Crippen LogP contribution in [0, 0.1) is 24.4 Å². The van der Waals surface area contributed by atoms with E-state index in [0.717, 1.165) is 36.4 Å². The molecule has 0 bridgehead atoms. The molecular weight excluding hydrogens is 424 g/mol. The van der Waals surface area contributed by atoms with E-state index in [-0.39, 0.29) is 34.0 Å². The number of rotatable bonds is 3. The second-order valence-corrected chi connectivity index (χ2v) is 6.68. The molecule has 3 N–H and O–H groups in total. The molecule has 2 aromatic carbocycles. The number of nitrogen functional groups attached to an aromatic ring is 1. The minimum Gasteiger partial charge on any atom is -0.396 e. The van der Waals surface area contributed by atoms with Gasteiger partial charge in [0.25, 0.3) is 0 Å². The lowest BCUT2D eigenvalue weighted by Crippen LogP contribution is -2.08. The van der Waals surface area contributed by atoms with Gasteiger partial charge in [-0.1, -0.05) is 0 Å². The molecule has 0 spiro atoms. The van der Waals surface area contributed by atoms with Crippen molar-refractivity contribution in [3.63, 3.8) is 0 Å². The topological polar surface area (TPSA) is 68.8 Å². The molecule has 5 nitrogen and oxygen atoms in total. The molecule has 4 aromatic rings. The highest BCUT2D eigenvalue weighted by Crippen LogP contribution is 2.32. The van der Waals surface area contributed by atoms with E-state index in [9.17, 15) is 26.3 Å². The Morgan fingerprint density at radius 3 is 2.23 bits per heavy atom. The lowest BCUT2D eigenvalue weighted by atomic mass is 10.2. The maximum atomic E-state index is 14.5. The third kappa shape index (κ3) is 3.74. The van der Waals surface area contributed by atoms with Crippen molar-refractivity contribution in [3.05, 3.63) is 71.3 Å². The maximum absolute atomic E-state index is 14.5. The van der Waals surface area contributed by atoms with Crippen LogP contribution in [0.25, 0.3) is 16.9 Å². The van der Waals surface area contributed by atoms with E-state index in [1.165, 1.54) is 10.6 Å². The van der Waals surface area contributed by atoms with Crippen molar-refractivity contribution < 1.29 is 26.3 Å². The molecule has 0 atom stereocenters. The Labute approximate surface area is 171 Å². The van der Waals surface area contributed by atoms with Crippen LogP contribution in [0.1, 0.15) is 11.4 Å². The largest absolute Gasteiger partial charge is 0.416 e. The number of imidazole rings is 1. The van der Waals surface area contributed by atoms with Gasteiger partial charge in [-0.15, -0.1) is 0 Å². The van der Waals surface area contributed by atoms with Gasteiger partial charge in [-0.3, -0.25) is 4.57 Å². The molecule has 0 aliphatic carbocycles. The molecule has 0 fully saturated rings. The van der Waals surface area contributed by atoms with Crippen molar-refractivity contribution in [1.29, 1.82) is 0 Å². The van der Waals surface area contributed by atoms with Gasteiger partial charge >= 0.3 is 6.18 Å². The Balaban J connectivity index is 1.78. The highest BCUT2D eigenvalue weighted by molar-refractivity contribution is 5.79. The number of anilines is 3. The van der Waals surface area contributed by atoms with Gasteiger partial charge in [0.2, 0.25) is 0 Å². The summed E-state index contributed by atoms with van der Waals surface area (Å²) in [4.78, 5) is 8.27. The van der Waals surface area contributed by atoms with Crippen LogP contribution >= 0.6 is 0 Å². The van der Waals surface area contributed by atoms with Crippen molar-refractivity contribution in [3.8, 4) is 5.82 Å². The zero-order valence-electron chi connectivity index (χ0n) is 15.7. The number of nitrogens with two attached hydrogens (primary N) is 1. The summed E-state index contributed by atoms with van der Waals surface area (Å²) in [5, 5.41) is 2.58. The number of aromatic nitrogens is 3. The van der Waals surface area contributed by atoms with E-state index in [1.807, 2.05) is 0 Å². The molecular formula is C20H13F6N5. The van der Waals surface area contributed by atoms with Crippen LogP contribution in [0.4, 0.5) is 43.5 Å². The molecule has 0 aliphatic heterocycles. The summed E-state index contributed by atoms with van der Waals surface area (Å²) in [7, 11) is 0. The Bertz CT molecular complexity index is 1290. The van der Waals surface area contributed by atoms with E-state index in [0.29, 0.717) is 5.82 Å². The predicted molar refractivity (Wildman–Crippen MR) is 103 cm³/mol. The number of benzene rings is 2. The number of hydrogen-bond donors (Lipinski definition) is 2. The molecule has 0 saturated heterocycles. The summed E-state index contributed by atoms with van der Waals surface area (Å²) in [5.74, 6) is -3.11. The van der Waals surface area contributed by atoms with Gasteiger partial charge in [-0.25, -0.2) is 23.1 Å².